The Morgan fingerprint density at radius 2 is 2.00 bits per heavy atom. The Morgan fingerprint density at radius 3 is 2.76 bits per heavy atom. The van der Waals surface area contributed by atoms with Gasteiger partial charge in [0.2, 0.25) is 11.7 Å². The molecule has 4 aromatic rings. The Labute approximate surface area is 205 Å². The fraction of sp³-hybridized carbons (Fsp3) is 0.217. The van der Waals surface area contributed by atoms with Crippen LogP contribution in [0.1, 0.15) is 18.7 Å². The third kappa shape index (κ3) is 5.02. The molecule has 8 nitrogen and oxygen atoms in total. The van der Waals surface area contributed by atoms with Gasteiger partial charge in [-0.15, -0.1) is 23.7 Å². The minimum Gasteiger partial charge on any atom is -0.370 e. The van der Waals surface area contributed by atoms with Crippen molar-refractivity contribution >= 4 is 40.5 Å². The van der Waals surface area contributed by atoms with Gasteiger partial charge in [-0.2, -0.15) is 4.98 Å². The highest BCUT2D eigenvalue weighted by atomic mass is 35.5. The van der Waals surface area contributed by atoms with Gasteiger partial charge in [-0.1, -0.05) is 17.3 Å². The van der Waals surface area contributed by atoms with E-state index in [0.29, 0.717) is 34.5 Å². The summed E-state index contributed by atoms with van der Waals surface area (Å²) in [7, 11) is 0. The van der Waals surface area contributed by atoms with Crippen LogP contribution in [0, 0.1) is 11.2 Å². The molecule has 0 amide bonds. The van der Waals surface area contributed by atoms with E-state index in [4.69, 9.17) is 15.7 Å². The zero-order valence-corrected chi connectivity index (χ0v) is 19.7. The van der Waals surface area contributed by atoms with Crippen molar-refractivity contribution in [1.29, 1.82) is 5.41 Å². The van der Waals surface area contributed by atoms with Gasteiger partial charge in [0, 0.05) is 41.2 Å². The van der Waals surface area contributed by atoms with Crippen molar-refractivity contribution < 1.29 is 8.91 Å². The molecule has 1 atom stereocenters. The first-order valence-corrected chi connectivity index (χ1v) is 11.5. The zero-order chi connectivity index (χ0) is 22.8. The number of thiazole rings is 1. The summed E-state index contributed by atoms with van der Waals surface area (Å²) in [4.78, 5) is 10.9. The van der Waals surface area contributed by atoms with Gasteiger partial charge in [0.05, 0.1) is 5.69 Å². The summed E-state index contributed by atoms with van der Waals surface area (Å²) in [5.74, 6) is 0.843. The van der Waals surface area contributed by atoms with E-state index in [1.54, 1.807) is 18.2 Å². The number of hydrogen-bond acceptors (Lipinski definition) is 7. The molecule has 2 aromatic heterocycles. The van der Waals surface area contributed by atoms with Crippen LogP contribution in [0.25, 0.3) is 22.6 Å². The van der Waals surface area contributed by atoms with Crippen LogP contribution in [0.5, 0.6) is 0 Å². The molecule has 1 aliphatic rings. The molecule has 176 valence electrons. The minimum absolute atomic E-state index is 0. The number of aromatic nitrogens is 3. The molecule has 0 bridgehead atoms. The quantitative estimate of drug-likeness (QED) is 0.250. The van der Waals surface area contributed by atoms with Crippen LogP contribution in [0.15, 0.2) is 58.4 Å². The second kappa shape index (κ2) is 10.2. The summed E-state index contributed by atoms with van der Waals surface area (Å²) in [5.41, 5.74) is 8.42. The molecule has 0 spiro atoms. The lowest BCUT2D eigenvalue weighted by atomic mass is 10.1. The van der Waals surface area contributed by atoms with Crippen LogP contribution in [-0.2, 0) is 6.42 Å². The van der Waals surface area contributed by atoms with Crippen LogP contribution in [0.4, 0.5) is 15.2 Å². The molecule has 1 fully saturated rings. The molecule has 3 heterocycles. The predicted octanol–water partition coefficient (Wildman–Crippen LogP) is 5.06. The molecule has 0 radical (unpaired) electrons. The van der Waals surface area contributed by atoms with E-state index in [0.717, 1.165) is 30.6 Å². The molecule has 1 aliphatic heterocycles. The number of hydrogen-bond donors (Lipinski definition) is 3. The van der Waals surface area contributed by atoms with Gasteiger partial charge >= 0.3 is 0 Å². The average Bonchev–Trinajstić information content (AvgIpc) is 3.56. The van der Waals surface area contributed by atoms with Crippen LogP contribution in [0.2, 0.25) is 0 Å². The number of anilines is 2. The van der Waals surface area contributed by atoms with Gasteiger partial charge in [-0.3, -0.25) is 5.41 Å². The van der Waals surface area contributed by atoms with Gasteiger partial charge in [-0.25, -0.2) is 9.37 Å². The lowest BCUT2D eigenvalue weighted by molar-refractivity contribution is 0.320. The summed E-state index contributed by atoms with van der Waals surface area (Å²) in [6.45, 7) is 0.788. The van der Waals surface area contributed by atoms with Crippen molar-refractivity contribution in [3.63, 3.8) is 0 Å². The first-order chi connectivity index (χ1) is 16.1. The Bertz CT molecular complexity index is 1280. The Balaban J connectivity index is 0.00000274. The van der Waals surface area contributed by atoms with Crippen molar-refractivity contribution in [1.82, 2.24) is 20.0 Å². The smallest absolute Gasteiger partial charge is 0.229 e. The molecule has 0 unspecified atom stereocenters. The zero-order valence-electron chi connectivity index (χ0n) is 18.1. The first kappa shape index (κ1) is 23.7. The number of rotatable bonds is 6. The number of benzene rings is 2. The summed E-state index contributed by atoms with van der Waals surface area (Å²) in [6.07, 6.45) is 2.52. The highest BCUT2D eigenvalue weighted by Crippen LogP contribution is 2.29. The van der Waals surface area contributed by atoms with Crippen LogP contribution >= 0.6 is 23.7 Å². The van der Waals surface area contributed by atoms with Gasteiger partial charge < -0.3 is 20.5 Å². The molecule has 34 heavy (non-hydrogen) atoms. The van der Waals surface area contributed by atoms with Crippen molar-refractivity contribution in [3.05, 3.63) is 65.6 Å². The Morgan fingerprint density at radius 1 is 1.21 bits per heavy atom. The lowest BCUT2D eigenvalue weighted by Gasteiger charge is -2.23. The molecule has 0 saturated carbocycles. The molecule has 4 N–H and O–H groups in total. The topological polar surface area (TPSA) is 117 Å². The summed E-state index contributed by atoms with van der Waals surface area (Å²) < 4.78 is 19.4. The largest absolute Gasteiger partial charge is 0.370 e. The highest BCUT2D eigenvalue weighted by Gasteiger charge is 2.27. The number of nitrogens with one attached hydrogen (secondary N) is 2. The SMILES string of the molecule is Cl.N=C(N)N1CCC[C@H]1Cc1nc(-c2ccc(Nc3nc(-c4ccccc4F)cs3)cc2)no1. The number of nitrogens with zero attached hydrogens (tertiary/aromatic N) is 4. The van der Waals surface area contributed by atoms with Gasteiger partial charge in [0.25, 0.3) is 0 Å². The van der Waals surface area contributed by atoms with E-state index in [-0.39, 0.29) is 30.2 Å². The number of halogens is 2. The summed E-state index contributed by atoms with van der Waals surface area (Å²) in [5, 5.41) is 17.5. The van der Waals surface area contributed by atoms with E-state index in [2.05, 4.69) is 20.4 Å². The van der Waals surface area contributed by atoms with E-state index in [9.17, 15) is 4.39 Å². The molecule has 1 saturated heterocycles. The van der Waals surface area contributed by atoms with Crippen LogP contribution in [-0.4, -0.2) is 38.6 Å². The standard InChI is InChI=1S/C23H22FN7OS.ClH/c24-18-6-2-1-5-17(18)19-13-33-23(28-19)27-15-9-7-14(8-10-15)21-29-20(32-30-21)12-16-4-3-11-31(16)22(25)26;/h1-2,5-10,13,16H,3-4,11-12H2,(H3,25,26)(H,27,28);1H/t16-;/m0./s1. The maximum atomic E-state index is 14.0. The second-order valence-corrected chi connectivity index (χ2v) is 8.67. The Kier molecular flexibility index (Phi) is 7.09. The number of nitrogens with two attached hydrogens (primary N) is 1. The number of guanidine groups is 1. The molecular formula is C23H23ClFN7OS. The molecule has 5 rings (SSSR count). The Hall–Kier alpha value is -3.50. The van der Waals surface area contributed by atoms with E-state index >= 15 is 0 Å². The van der Waals surface area contributed by atoms with Crippen LogP contribution in [0.3, 0.4) is 0 Å². The first-order valence-electron chi connectivity index (χ1n) is 10.6. The van der Waals surface area contributed by atoms with Crippen molar-refractivity contribution in [3.8, 4) is 22.6 Å². The average molecular weight is 500 g/mol. The maximum Gasteiger partial charge on any atom is 0.229 e. The second-order valence-electron chi connectivity index (χ2n) is 7.81. The van der Waals surface area contributed by atoms with Gasteiger partial charge in [0.15, 0.2) is 11.1 Å². The highest BCUT2D eigenvalue weighted by molar-refractivity contribution is 7.14. The summed E-state index contributed by atoms with van der Waals surface area (Å²) in [6, 6.07) is 14.3. The third-order valence-electron chi connectivity index (χ3n) is 5.61. The normalized spacial score (nSPS) is 15.2. The molecule has 11 heteroatoms. The predicted molar refractivity (Wildman–Crippen MR) is 133 cm³/mol. The fourth-order valence-electron chi connectivity index (χ4n) is 3.97. The molecule has 0 aliphatic carbocycles. The monoisotopic (exact) mass is 499 g/mol. The third-order valence-corrected chi connectivity index (χ3v) is 6.37. The fourth-order valence-corrected chi connectivity index (χ4v) is 4.70. The van der Waals surface area contributed by atoms with Gasteiger partial charge in [-0.05, 0) is 49.2 Å². The minimum atomic E-state index is -0.292. The van der Waals surface area contributed by atoms with E-state index in [1.165, 1.54) is 17.4 Å². The van der Waals surface area contributed by atoms with E-state index < -0.39 is 0 Å². The van der Waals surface area contributed by atoms with Crippen molar-refractivity contribution in [2.24, 2.45) is 5.73 Å². The van der Waals surface area contributed by atoms with Crippen LogP contribution < -0.4 is 11.1 Å². The molecular weight excluding hydrogens is 477 g/mol. The lowest BCUT2D eigenvalue weighted by Crippen LogP contribution is -2.41. The van der Waals surface area contributed by atoms with E-state index in [1.807, 2.05) is 34.5 Å². The van der Waals surface area contributed by atoms with Crippen molar-refractivity contribution in [2.45, 2.75) is 25.3 Å². The van der Waals surface area contributed by atoms with Gasteiger partial charge in [0.1, 0.15) is 5.82 Å². The van der Waals surface area contributed by atoms with Crippen molar-refractivity contribution in [2.75, 3.05) is 11.9 Å². The molecule has 2 aromatic carbocycles. The summed E-state index contributed by atoms with van der Waals surface area (Å²) >= 11 is 1.41. The number of likely N-dealkylation sites (tertiary alicyclic amines) is 1. The maximum absolute atomic E-state index is 14.0.